The molecule has 4 aliphatic carbocycles. The third-order valence-corrected chi connectivity index (χ3v) is 11.0. The molecular formula is C22H16P2. The van der Waals surface area contributed by atoms with E-state index in [-0.39, 0.29) is 15.8 Å². The van der Waals surface area contributed by atoms with Crippen molar-refractivity contribution in [3.63, 3.8) is 0 Å². The van der Waals surface area contributed by atoms with E-state index in [4.69, 9.17) is 0 Å². The number of rotatable bonds is 3. The molecule has 24 heavy (non-hydrogen) atoms. The maximum Gasteiger partial charge on any atom is 0.0121 e. The Bertz CT molecular complexity index is 406. The van der Waals surface area contributed by atoms with Crippen LogP contribution in [0.5, 0.6) is 0 Å². The predicted molar refractivity (Wildman–Crippen MR) is 101 cm³/mol. The van der Waals surface area contributed by atoms with Gasteiger partial charge in [0.25, 0.3) is 0 Å². The summed E-state index contributed by atoms with van der Waals surface area (Å²) in [6.07, 6.45) is 30.3. The summed E-state index contributed by atoms with van der Waals surface area (Å²) in [6.45, 7) is 0. The van der Waals surface area contributed by atoms with Gasteiger partial charge in [0.15, 0.2) is 0 Å². The second-order valence-electron chi connectivity index (χ2n) is 6.60. The molecule has 6 rings (SSSR count). The lowest BCUT2D eigenvalue weighted by Crippen LogP contribution is -2.03. The first kappa shape index (κ1) is 15.9. The zero-order chi connectivity index (χ0) is 15.7. The Labute approximate surface area is 151 Å². The van der Waals surface area contributed by atoms with Crippen LogP contribution in [0.2, 0.25) is 0 Å². The number of fused-ring (bicyclic) bond motifs is 6. The quantitative estimate of drug-likeness (QED) is 0.640. The summed E-state index contributed by atoms with van der Waals surface area (Å²) in [4.78, 5) is 0. The van der Waals surface area contributed by atoms with Gasteiger partial charge in [0.1, 0.15) is 0 Å². The van der Waals surface area contributed by atoms with E-state index in [0.29, 0.717) is 0 Å². The van der Waals surface area contributed by atoms with Crippen LogP contribution in [-0.2, 0) is 0 Å². The van der Waals surface area contributed by atoms with E-state index in [1.807, 2.05) is 0 Å². The highest BCUT2D eigenvalue weighted by molar-refractivity contribution is 7.69. The lowest BCUT2D eigenvalue weighted by Gasteiger charge is -2.28. The molecule has 114 valence electrons. The van der Waals surface area contributed by atoms with E-state index in [1.54, 1.807) is 22.6 Å². The zero-order valence-corrected chi connectivity index (χ0v) is 15.0. The molecule has 2 heterocycles. The third kappa shape index (κ3) is 2.24. The normalized spacial score (nSPS) is 35.5. The summed E-state index contributed by atoms with van der Waals surface area (Å²) in [5.41, 5.74) is 6.48. The molecule has 2 saturated heterocycles. The fourth-order valence-corrected chi connectivity index (χ4v) is 10.5. The fourth-order valence-electron chi connectivity index (χ4n) is 4.44. The van der Waals surface area contributed by atoms with Gasteiger partial charge in [-0.3, -0.25) is 0 Å². The van der Waals surface area contributed by atoms with Crippen molar-refractivity contribution in [2.45, 2.75) is 0 Å². The fraction of sp³-hybridized carbons (Fsp3) is 0.0909. The lowest BCUT2D eigenvalue weighted by molar-refractivity contribution is 1.13. The molecule has 0 aromatic carbocycles. The van der Waals surface area contributed by atoms with Gasteiger partial charge in [-0.25, -0.2) is 0 Å². The molecule has 0 N–H and O–H groups in total. The van der Waals surface area contributed by atoms with Crippen molar-refractivity contribution in [1.29, 1.82) is 0 Å². The largest absolute Gasteiger partial charge is 0.0899 e. The summed E-state index contributed by atoms with van der Waals surface area (Å²) in [6, 6.07) is 0. The molecule has 0 aromatic rings. The highest BCUT2D eigenvalue weighted by Gasteiger charge is 2.57. The minimum atomic E-state index is -0.152. The minimum Gasteiger partial charge on any atom is -0.0899 e. The van der Waals surface area contributed by atoms with E-state index in [1.165, 1.54) is 36.0 Å². The SMILES string of the molecule is [CH]1[CH][C]2[C]3[CH][CH][CH][C]3P(CCP3[C]4[CH][CH][CH][C]4[C]4[CH][CH][CH][C]43)[C]2[CH]1. The molecule has 0 spiro atoms. The molecule has 6 fully saturated rings. The lowest BCUT2D eigenvalue weighted by atomic mass is 9.90. The van der Waals surface area contributed by atoms with Gasteiger partial charge in [-0.05, 0) is 113 Å². The highest BCUT2D eigenvalue weighted by atomic mass is 31.1. The van der Waals surface area contributed by atoms with Crippen molar-refractivity contribution in [1.82, 2.24) is 0 Å². The zero-order valence-electron chi connectivity index (χ0n) is 13.2. The molecular weight excluding hydrogens is 326 g/mol. The van der Waals surface area contributed by atoms with Crippen LogP contribution in [-0.4, -0.2) is 12.3 Å². The Morgan fingerprint density at radius 1 is 0.417 bits per heavy atom. The van der Waals surface area contributed by atoms with Crippen molar-refractivity contribution in [3.05, 3.63) is 123 Å². The van der Waals surface area contributed by atoms with Gasteiger partial charge in [-0.15, -0.1) is 0 Å². The number of hydrogen-bond acceptors (Lipinski definition) is 0. The molecule has 0 bridgehead atoms. The maximum atomic E-state index is 2.37. The molecule has 2 heteroatoms. The monoisotopic (exact) mass is 342 g/mol. The van der Waals surface area contributed by atoms with Crippen molar-refractivity contribution < 1.29 is 0 Å². The summed E-state index contributed by atoms with van der Waals surface area (Å²) in [7, 11) is -0.305. The van der Waals surface area contributed by atoms with E-state index in [2.05, 4.69) is 77.0 Å². The molecule has 0 atom stereocenters. The van der Waals surface area contributed by atoms with Crippen LogP contribution in [0.4, 0.5) is 0 Å². The molecule has 0 amide bonds. The second kappa shape index (κ2) is 6.20. The average Bonchev–Trinajstić information content (AvgIpc) is 3.38. The Hall–Kier alpha value is 0.860. The van der Waals surface area contributed by atoms with Crippen molar-refractivity contribution in [2.75, 3.05) is 12.3 Å². The Balaban J connectivity index is 1.19. The molecule has 0 aromatic heterocycles. The van der Waals surface area contributed by atoms with E-state index < -0.39 is 0 Å². The Kier molecular flexibility index (Phi) is 4.10. The van der Waals surface area contributed by atoms with E-state index >= 15 is 0 Å². The highest BCUT2D eigenvalue weighted by Crippen LogP contribution is 2.82. The average molecular weight is 342 g/mol. The van der Waals surface area contributed by atoms with E-state index in [0.717, 1.165) is 0 Å². The second-order valence-corrected chi connectivity index (χ2v) is 11.1. The minimum absolute atomic E-state index is 0.152. The molecule has 4 saturated carbocycles. The topological polar surface area (TPSA) is 0 Å². The molecule has 6 aliphatic rings. The van der Waals surface area contributed by atoms with Gasteiger partial charge in [0.05, 0.1) is 0 Å². The first-order chi connectivity index (χ1) is 11.9. The first-order valence-corrected chi connectivity index (χ1v) is 11.6. The van der Waals surface area contributed by atoms with Gasteiger partial charge in [-0.2, -0.15) is 0 Å². The molecule has 2 aliphatic heterocycles. The summed E-state index contributed by atoms with van der Waals surface area (Å²) in [5, 5.41) is 0. The van der Waals surface area contributed by atoms with Crippen molar-refractivity contribution in [3.8, 4) is 0 Å². The summed E-state index contributed by atoms with van der Waals surface area (Å²) >= 11 is 0. The van der Waals surface area contributed by atoms with Gasteiger partial charge in [0, 0.05) is 22.6 Å². The molecule has 0 nitrogen and oxygen atoms in total. The van der Waals surface area contributed by atoms with Gasteiger partial charge >= 0.3 is 0 Å². The first-order valence-electron chi connectivity index (χ1n) is 8.50. The Morgan fingerprint density at radius 2 is 0.708 bits per heavy atom. The smallest absolute Gasteiger partial charge is 0.0121 e. The van der Waals surface area contributed by atoms with Gasteiger partial charge < -0.3 is 0 Å². The van der Waals surface area contributed by atoms with Crippen LogP contribution in [0.3, 0.4) is 0 Å². The standard InChI is InChI=1S/C22H16P2/c1-5-15-16-6-2-10-20(16)23(19(15)9-1)13-14-24-21-11-3-7-17(21)18-8-4-12-22(18)24/h1-12H,13-14H2. The van der Waals surface area contributed by atoms with Gasteiger partial charge in [-0.1, -0.05) is 15.8 Å². The van der Waals surface area contributed by atoms with Crippen LogP contribution < -0.4 is 0 Å². The predicted octanol–water partition coefficient (Wildman–Crippen LogP) is 4.91. The summed E-state index contributed by atoms with van der Waals surface area (Å²) in [5.74, 6) is 6.01. The molecule has 0 unspecified atom stereocenters. The van der Waals surface area contributed by atoms with Crippen molar-refractivity contribution >= 4 is 15.8 Å². The van der Waals surface area contributed by atoms with Crippen LogP contribution in [0, 0.1) is 123 Å². The van der Waals surface area contributed by atoms with Crippen LogP contribution in [0.15, 0.2) is 0 Å². The van der Waals surface area contributed by atoms with Crippen LogP contribution in [0.25, 0.3) is 0 Å². The molecule has 20 radical (unpaired) electrons. The number of hydrogen-bond donors (Lipinski definition) is 0. The third-order valence-electron chi connectivity index (χ3n) is 5.46. The van der Waals surface area contributed by atoms with Crippen LogP contribution >= 0.6 is 15.8 Å². The van der Waals surface area contributed by atoms with Crippen molar-refractivity contribution in [2.24, 2.45) is 0 Å². The maximum absolute atomic E-state index is 2.37. The Morgan fingerprint density at radius 3 is 1.00 bits per heavy atom. The van der Waals surface area contributed by atoms with Crippen LogP contribution in [0.1, 0.15) is 0 Å². The van der Waals surface area contributed by atoms with Gasteiger partial charge in [0.2, 0.25) is 0 Å². The summed E-state index contributed by atoms with van der Waals surface area (Å²) < 4.78 is 0. The van der Waals surface area contributed by atoms with E-state index in [9.17, 15) is 0 Å².